The van der Waals surface area contributed by atoms with Crippen molar-refractivity contribution in [1.29, 1.82) is 0 Å². The van der Waals surface area contributed by atoms with Crippen LogP contribution in [0.4, 0.5) is 4.79 Å². The third-order valence-electron chi connectivity index (χ3n) is 5.67. The van der Waals surface area contributed by atoms with Gasteiger partial charge in [0.2, 0.25) is 5.91 Å². The lowest BCUT2D eigenvalue weighted by Crippen LogP contribution is -2.38. The Labute approximate surface area is 156 Å². The van der Waals surface area contributed by atoms with Crippen molar-refractivity contribution in [3.63, 3.8) is 0 Å². The zero-order chi connectivity index (χ0) is 17.4. The maximum Gasteiger partial charge on any atom is 0.315 e. The molecule has 3 aliphatic rings. The van der Waals surface area contributed by atoms with Crippen LogP contribution in [0.1, 0.15) is 49.1 Å². The van der Waals surface area contributed by atoms with Crippen LogP contribution in [0.5, 0.6) is 0 Å². The summed E-state index contributed by atoms with van der Waals surface area (Å²) in [5, 5.41) is 8.64. The molecule has 2 N–H and O–H groups in total. The molecule has 0 spiro atoms. The Morgan fingerprint density at radius 2 is 2.24 bits per heavy atom. The predicted octanol–water partition coefficient (Wildman–Crippen LogP) is 2.92. The molecule has 2 saturated heterocycles. The van der Waals surface area contributed by atoms with Gasteiger partial charge in [-0.25, -0.2) is 4.79 Å². The molecule has 4 rings (SSSR count). The van der Waals surface area contributed by atoms with Gasteiger partial charge < -0.3 is 15.5 Å². The monoisotopic (exact) mass is 379 g/mol. The van der Waals surface area contributed by atoms with E-state index in [9.17, 15) is 9.59 Å². The molecule has 2 fully saturated rings. The highest BCUT2D eigenvalue weighted by Gasteiger charge is 2.42. The Bertz CT molecular complexity index is 663. The molecule has 1 unspecified atom stereocenters. The van der Waals surface area contributed by atoms with E-state index in [0.717, 1.165) is 38.0 Å². The quantitative estimate of drug-likeness (QED) is 0.611. The number of thioether (sulfide) groups is 1. The van der Waals surface area contributed by atoms with Crippen molar-refractivity contribution in [3.8, 4) is 0 Å². The van der Waals surface area contributed by atoms with Gasteiger partial charge in [0, 0.05) is 28.8 Å². The second kappa shape index (κ2) is 7.19. The summed E-state index contributed by atoms with van der Waals surface area (Å²) in [6.45, 7) is 3.00. The lowest BCUT2D eigenvalue weighted by Gasteiger charge is -2.33. The third-order valence-corrected chi connectivity index (χ3v) is 8.17. The number of fused-ring (bicyclic) bond motifs is 2. The van der Waals surface area contributed by atoms with Crippen LogP contribution in [0.2, 0.25) is 0 Å². The lowest BCUT2D eigenvalue weighted by molar-refractivity contribution is -0.133. The molecule has 4 atom stereocenters. The van der Waals surface area contributed by atoms with Crippen molar-refractivity contribution in [2.75, 3.05) is 12.3 Å². The number of nitrogens with one attached hydrogen (secondary N) is 2. The van der Waals surface area contributed by atoms with E-state index in [4.69, 9.17) is 0 Å². The minimum Gasteiger partial charge on any atom is -0.336 e. The van der Waals surface area contributed by atoms with Crippen molar-refractivity contribution in [3.05, 3.63) is 21.9 Å². The Morgan fingerprint density at radius 1 is 1.36 bits per heavy atom. The fraction of sp³-hybridized carbons (Fsp3) is 0.667. The van der Waals surface area contributed by atoms with Gasteiger partial charge in [-0.3, -0.25) is 4.79 Å². The van der Waals surface area contributed by atoms with Crippen molar-refractivity contribution in [1.82, 2.24) is 15.5 Å². The smallest absolute Gasteiger partial charge is 0.315 e. The van der Waals surface area contributed by atoms with Gasteiger partial charge in [-0.1, -0.05) is 6.42 Å². The van der Waals surface area contributed by atoms with Crippen LogP contribution in [-0.2, 0) is 11.2 Å². The van der Waals surface area contributed by atoms with Crippen molar-refractivity contribution in [2.45, 2.75) is 62.4 Å². The van der Waals surface area contributed by atoms with E-state index in [1.165, 1.54) is 10.4 Å². The normalized spacial score (nSPS) is 30.6. The Hall–Kier alpha value is -1.21. The molecule has 0 radical (unpaired) electrons. The largest absolute Gasteiger partial charge is 0.336 e. The number of carbonyl (C=O) groups excluding carboxylic acids is 2. The summed E-state index contributed by atoms with van der Waals surface area (Å²) in [4.78, 5) is 27.5. The molecular formula is C18H25N3O2S2. The first-order valence-electron chi connectivity index (χ1n) is 9.18. The van der Waals surface area contributed by atoms with Crippen molar-refractivity contribution in [2.24, 2.45) is 0 Å². The number of unbranched alkanes of at least 4 members (excludes halogenated alkanes) is 1. The van der Waals surface area contributed by atoms with Crippen LogP contribution in [-0.4, -0.2) is 46.5 Å². The molecule has 1 aromatic rings. The molecule has 3 amide bonds. The highest BCUT2D eigenvalue weighted by Crippen LogP contribution is 2.34. The Morgan fingerprint density at radius 3 is 3.12 bits per heavy atom. The molecule has 0 aliphatic carbocycles. The molecule has 7 heteroatoms. The third kappa shape index (κ3) is 3.40. The van der Waals surface area contributed by atoms with Crippen LogP contribution in [0, 0.1) is 0 Å². The van der Waals surface area contributed by atoms with Gasteiger partial charge in [0.25, 0.3) is 0 Å². The number of nitrogens with zero attached hydrogens (tertiary/aromatic N) is 1. The van der Waals surface area contributed by atoms with E-state index in [0.29, 0.717) is 11.7 Å². The van der Waals surface area contributed by atoms with E-state index in [1.54, 1.807) is 0 Å². The van der Waals surface area contributed by atoms with Crippen LogP contribution >= 0.6 is 23.1 Å². The molecule has 1 aromatic heterocycles. The Kier molecular flexibility index (Phi) is 4.95. The minimum atomic E-state index is -0.0256. The maximum absolute atomic E-state index is 12.6. The van der Waals surface area contributed by atoms with E-state index < -0.39 is 0 Å². The average molecular weight is 380 g/mol. The minimum absolute atomic E-state index is 0.0256. The van der Waals surface area contributed by atoms with Gasteiger partial charge in [0.05, 0.1) is 18.1 Å². The van der Waals surface area contributed by atoms with Crippen LogP contribution < -0.4 is 10.6 Å². The summed E-state index contributed by atoms with van der Waals surface area (Å²) >= 11 is 3.76. The van der Waals surface area contributed by atoms with E-state index in [2.05, 4.69) is 33.9 Å². The summed E-state index contributed by atoms with van der Waals surface area (Å²) in [6, 6.07) is 2.92. The van der Waals surface area contributed by atoms with Crippen molar-refractivity contribution < 1.29 is 9.59 Å². The van der Waals surface area contributed by atoms with E-state index in [1.807, 2.05) is 23.1 Å². The van der Waals surface area contributed by atoms with Gasteiger partial charge in [-0.2, -0.15) is 11.8 Å². The molecule has 4 heterocycles. The lowest BCUT2D eigenvalue weighted by atomic mass is 10.00. The number of carbonyl (C=O) groups is 2. The number of urea groups is 1. The topological polar surface area (TPSA) is 61.4 Å². The average Bonchev–Trinajstić information content (AvgIpc) is 3.28. The number of rotatable bonds is 5. The summed E-state index contributed by atoms with van der Waals surface area (Å²) in [7, 11) is 0. The van der Waals surface area contributed by atoms with Gasteiger partial charge in [-0.05, 0) is 43.2 Å². The standard InChI is InChI=1S/C18H25N3O2S2/c1-11-12-7-9-24-14(12)6-8-21(11)16(22)5-3-2-4-15-17-13(10-25-15)19-18(23)20-17/h7,9,11,13,15,17H,2-6,8,10H2,1H3,(H2,19,20,23)/t11?,13-,15-,17-/m0/s1. The van der Waals surface area contributed by atoms with Crippen LogP contribution in [0.15, 0.2) is 11.4 Å². The van der Waals surface area contributed by atoms with Gasteiger partial charge in [-0.15, -0.1) is 11.3 Å². The fourth-order valence-corrected chi connectivity index (χ4v) is 6.76. The summed E-state index contributed by atoms with van der Waals surface area (Å²) in [5.74, 6) is 1.29. The van der Waals surface area contributed by atoms with E-state index in [-0.39, 0.29) is 30.1 Å². The fourth-order valence-electron chi connectivity index (χ4n) is 4.26. The van der Waals surface area contributed by atoms with Gasteiger partial charge >= 0.3 is 6.03 Å². The highest BCUT2D eigenvalue weighted by molar-refractivity contribution is 8.00. The number of thiophene rings is 1. The van der Waals surface area contributed by atoms with Gasteiger partial charge in [0.15, 0.2) is 0 Å². The second-order valence-electron chi connectivity index (χ2n) is 7.18. The molecule has 0 aromatic carbocycles. The van der Waals surface area contributed by atoms with Crippen molar-refractivity contribution >= 4 is 35.0 Å². The number of hydrogen-bond donors (Lipinski definition) is 2. The van der Waals surface area contributed by atoms with Gasteiger partial charge in [0.1, 0.15) is 0 Å². The molecule has 0 saturated carbocycles. The molecule has 3 aliphatic heterocycles. The maximum atomic E-state index is 12.6. The molecule has 0 bridgehead atoms. The first kappa shape index (κ1) is 17.2. The summed E-state index contributed by atoms with van der Waals surface area (Å²) in [6.07, 6.45) is 4.70. The van der Waals surface area contributed by atoms with Crippen LogP contribution in [0.25, 0.3) is 0 Å². The van der Waals surface area contributed by atoms with Crippen LogP contribution in [0.3, 0.4) is 0 Å². The van der Waals surface area contributed by atoms with E-state index >= 15 is 0 Å². The first-order chi connectivity index (χ1) is 12.1. The first-order valence-corrected chi connectivity index (χ1v) is 11.1. The second-order valence-corrected chi connectivity index (χ2v) is 9.45. The highest BCUT2D eigenvalue weighted by atomic mass is 32.2. The SMILES string of the molecule is CC1c2ccsc2CCN1C(=O)CCCC[C@@H]1SC[C@@H]2NC(=O)N[C@@H]21. The number of hydrogen-bond acceptors (Lipinski definition) is 4. The zero-order valence-electron chi connectivity index (χ0n) is 14.5. The molecule has 136 valence electrons. The number of amides is 3. The summed E-state index contributed by atoms with van der Waals surface area (Å²) < 4.78 is 0. The molecule has 25 heavy (non-hydrogen) atoms. The zero-order valence-corrected chi connectivity index (χ0v) is 16.1. The summed E-state index contributed by atoms with van der Waals surface area (Å²) in [5.41, 5.74) is 1.34. The Balaban J connectivity index is 1.22. The molecular weight excluding hydrogens is 354 g/mol. The molecule has 5 nitrogen and oxygen atoms in total. The predicted molar refractivity (Wildman–Crippen MR) is 102 cm³/mol.